The third kappa shape index (κ3) is 4.63. The number of benzene rings is 7. The summed E-state index contributed by atoms with van der Waals surface area (Å²) in [6.07, 6.45) is 6.74. The molecule has 0 N–H and O–H groups in total. The molecule has 8 rings (SSSR count). The molecule has 0 unspecified atom stereocenters. The second kappa shape index (κ2) is 11.9. The van der Waals surface area contributed by atoms with Gasteiger partial charge in [-0.2, -0.15) is 0 Å². The zero-order valence-electron chi connectivity index (χ0n) is 27.7. The van der Waals surface area contributed by atoms with Crippen LogP contribution in [0.3, 0.4) is 0 Å². The zero-order chi connectivity index (χ0) is 32.8. The van der Waals surface area contributed by atoms with Crippen LogP contribution in [0.1, 0.15) is 62.8 Å². The highest BCUT2D eigenvalue weighted by Crippen LogP contribution is 2.37. The third-order valence-electron chi connectivity index (χ3n) is 9.52. The lowest BCUT2D eigenvalue weighted by Crippen LogP contribution is -2.33. The minimum atomic E-state index is 1.03. The van der Waals surface area contributed by atoms with Gasteiger partial charge in [0.25, 0.3) is 0 Å². The summed E-state index contributed by atoms with van der Waals surface area (Å²) in [6, 6.07) is 31.3. The Kier molecular flexibility index (Phi) is 7.23. The number of hydrogen-bond acceptors (Lipinski definition) is 0. The molecule has 0 aliphatic heterocycles. The van der Waals surface area contributed by atoms with Gasteiger partial charge in [-0.1, -0.05) is 84.4 Å². The Hall–Kier alpha value is -6.18. The van der Waals surface area contributed by atoms with Crippen LogP contribution in [0.2, 0.25) is 0 Å². The summed E-state index contributed by atoms with van der Waals surface area (Å²) < 4.78 is 0. The van der Waals surface area contributed by atoms with Gasteiger partial charge in [-0.05, 0) is 152 Å². The number of fused-ring (bicyclic) bond motifs is 6. The molecule has 0 aromatic heterocycles. The Labute approximate surface area is 281 Å². The summed E-state index contributed by atoms with van der Waals surface area (Å²) in [5.41, 5.74) is 6.71. The second-order valence-electron chi connectivity index (χ2n) is 12.3. The van der Waals surface area contributed by atoms with E-state index in [0.717, 1.165) is 56.6 Å². The predicted molar refractivity (Wildman–Crippen MR) is 207 cm³/mol. The fourth-order valence-corrected chi connectivity index (χ4v) is 7.47. The van der Waals surface area contributed by atoms with Gasteiger partial charge in [-0.15, -0.1) is 23.7 Å². The maximum absolute atomic E-state index is 3.46. The smallest absolute Gasteiger partial charge is 0.0403 e. The van der Waals surface area contributed by atoms with Crippen LogP contribution in [0.5, 0.6) is 0 Å². The van der Waals surface area contributed by atoms with E-state index in [1.54, 1.807) is 0 Å². The monoisotopic (exact) mass is 608 g/mol. The van der Waals surface area contributed by atoms with E-state index in [2.05, 4.69) is 144 Å². The SMILES string of the molecule is CC#Cc1c2c(c(C#CC)c3cc4cc(-c5ccc6cc7c(C#CC)c8ccccc8c(C#CC)c7cc6c5)ccc4cc13)=CCCC=2. The van der Waals surface area contributed by atoms with Crippen LogP contribution in [-0.4, -0.2) is 0 Å². The van der Waals surface area contributed by atoms with Gasteiger partial charge >= 0.3 is 0 Å². The van der Waals surface area contributed by atoms with Crippen LogP contribution in [0, 0.1) is 47.4 Å². The molecule has 0 saturated heterocycles. The third-order valence-corrected chi connectivity index (χ3v) is 9.52. The van der Waals surface area contributed by atoms with Crippen molar-refractivity contribution in [3.05, 3.63) is 118 Å². The summed E-state index contributed by atoms with van der Waals surface area (Å²) in [5.74, 6) is 26.4. The molecule has 7 aromatic rings. The summed E-state index contributed by atoms with van der Waals surface area (Å²) in [4.78, 5) is 0. The van der Waals surface area contributed by atoms with Gasteiger partial charge in [0.2, 0.25) is 0 Å². The molecular weight excluding hydrogens is 577 g/mol. The molecule has 1 aliphatic carbocycles. The molecular formula is C48H32. The first-order valence-corrected chi connectivity index (χ1v) is 16.5. The van der Waals surface area contributed by atoms with Crippen LogP contribution in [-0.2, 0) is 0 Å². The largest absolute Gasteiger partial charge is 0.101 e. The van der Waals surface area contributed by atoms with Crippen molar-refractivity contribution >= 4 is 66.0 Å². The first-order valence-electron chi connectivity index (χ1n) is 16.5. The van der Waals surface area contributed by atoms with Gasteiger partial charge in [0.1, 0.15) is 0 Å². The Morgan fingerprint density at radius 3 is 1.17 bits per heavy atom. The Morgan fingerprint density at radius 2 is 0.750 bits per heavy atom. The van der Waals surface area contributed by atoms with E-state index < -0.39 is 0 Å². The molecule has 0 atom stereocenters. The van der Waals surface area contributed by atoms with E-state index in [4.69, 9.17) is 0 Å². The molecule has 0 amide bonds. The highest BCUT2D eigenvalue weighted by atomic mass is 14.2. The van der Waals surface area contributed by atoms with E-state index in [1.165, 1.54) is 53.9 Å². The lowest BCUT2D eigenvalue weighted by atomic mass is 9.89. The summed E-state index contributed by atoms with van der Waals surface area (Å²) in [7, 11) is 0. The van der Waals surface area contributed by atoms with Crippen LogP contribution >= 0.6 is 0 Å². The molecule has 0 saturated carbocycles. The highest BCUT2D eigenvalue weighted by molar-refractivity contribution is 6.14. The molecule has 0 fully saturated rings. The fourth-order valence-electron chi connectivity index (χ4n) is 7.47. The van der Waals surface area contributed by atoms with Crippen LogP contribution in [0.15, 0.2) is 84.9 Å². The Balaban J connectivity index is 1.36. The van der Waals surface area contributed by atoms with E-state index in [0.29, 0.717) is 0 Å². The summed E-state index contributed by atoms with van der Waals surface area (Å²) in [6.45, 7) is 7.65. The van der Waals surface area contributed by atoms with Crippen molar-refractivity contribution in [3.8, 4) is 58.5 Å². The molecule has 7 aromatic carbocycles. The summed E-state index contributed by atoms with van der Waals surface area (Å²) >= 11 is 0. The number of rotatable bonds is 1. The minimum absolute atomic E-state index is 1.03. The van der Waals surface area contributed by atoms with Crippen molar-refractivity contribution in [2.45, 2.75) is 40.5 Å². The van der Waals surface area contributed by atoms with Gasteiger partial charge in [0, 0.05) is 22.3 Å². The second-order valence-corrected chi connectivity index (χ2v) is 12.3. The van der Waals surface area contributed by atoms with Crippen LogP contribution in [0.25, 0.3) is 77.1 Å². The van der Waals surface area contributed by atoms with Gasteiger partial charge in [0.05, 0.1) is 0 Å². The van der Waals surface area contributed by atoms with Crippen LogP contribution < -0.4 is 10.4 Å². The van der Waals surface area contributed by atoms with E-state index in [9.17, 15) is 0 Å². The van der Waals surface area contributed by atoms with Crippen molar-refractivity contribution in [1.82, 2.24) is 0 Å². The van der Waals surface area contributed by atoms with Gasteiger partial charge < -0.3 is 0 Å². The summed E-state index contributed by atoms with van der Waals surface area (Å²) in [5, 5.41) is 14.2. The van der Waals surface area contributed by atoms with Crippen LogP contribution in [0.4, 0.5) is 0 Å². The van der Waals surface area contributed by atoms with Crippen molar-refractivity contribution in [3.63, 3.8) is 0 Å². The fraction of sp³-hybridized carbons (Fsp3) is 0.125. The maximum Gasteiger partial charge on any atom is 0.0403 e. The predicted octanol–water partition coefficient (Wildman–Crippen LogP) is 9.96. The van der Waals surface area contributed by atoms with Gasteiger partial charge in [0.15, 0.2) is 0 Å². The lowest BCUT2D eigenvalue weighted by Gasteiger charge is -2.14. The van der Waals surface area contributed by atoms with Crippen molar-refractivity contribution in [2.75, 3.05) is 0 Å². The number of hydrogen-bond donors (Lipinski definition) is 0. The van der Waals surface area contributed by atoms with Gasteiger partial charge in [-0.25, -0.2) is 0 Å². The quantitative estimate of drug-likeness (QED) is 0.129. The molecule has 224 valence electrons. The van der Waals surface area contributed by atoms with Crippen molar-refractivity contribution < 1.29 is 0 Å². The molecule has 1 aliphatic rings. The molecule has 0 heterocycles. The standard InChI is InChI=1S/C48H32/c1-5-13-37-41-17-9-11-19-43(41)39(15-7-3)47-29-35-25-31(21-23-33(35)27-45(37)47)32-22-24-34-28-46-38(14-6-2)42-18-10-12-20-44(42)40(16-8-4)48(46)30-36(34)26-32/h9,11,17-30H,10,12H2,1-4H3. The Morgan fingerprint density at radius 1 is 0.375 bits per heavy atom. The minimum Gasteiger partial charge on any atom is -0.101 e. The highest BCUT2D eigenvalue weighted by Gasteiger charge is 2.15. The normalized spacial score (nSPS) is 11.7. The molecule has 0 nitrogen and oxygen atoms in total. The first-order chi connectivity index (χ1) is 23.6. The van der Waals surface area contributed by atoms with E-state index in [1.807, 2.05) is 27.7 Å². The zero-order valence-corrected chi connectivity index (χ0v) is 27.7. The van der Waals surface area contributed by atoms with E-state index >= 15 is 0 Å². The van der Waals surface area contributed by atoms with E-state index in [-0.39, 0.29) is 0 Å². The lowest BCUT2D eigenvalue weighted by molar-refractivity contribution is 1.12. The maximum atomic E-state index is 3.46. The molecule has 0 bridgehead atoms. The average Bonchev–Trinajstić information content (AvgIpc) is 3.12. The van der Waals surface area contributed by atoms with Gasteiger partial charge in [-0.3, -0.25) is 0 Å². The topological polar surface area (TPSA) is 0 Å². The van der Waals surface area contributed by atoms with Crippen molar-refractivity contribution in [1.29, 1.82) is 0 Å². The molecule has 0 heteroatoms. The molecule has 48 heavy (non-hydrogen) atoms. The average molecular weight is 609 g/mol. The first kappa shape index (κ1) is 29.2. The Bertz CT molecular complexity index is 2940. The molecule has 0 spiro atoms. The van der Waals surface area contributed by atoms with Crippen molar-refractivity contribution in [2.24, 2.45) is 0 Å². The molecule has 0 radical (unpaired) electrons.